The molecule has 3 atom stereocenters. The first kappa shape index (κ1) is 30.4. The van der Waals surface area contributed by atoms with E-state index < -0.39 is 0 Å². The monoisotopic (exact) mass is 469 g/mol. The molecule has 1 rings (SSSR count). The molecule has 33 heavy (non-hydrogen) atoms. The zero-order chi connectivity index (χ0) is 24.2. The normalized spacial score (nSPS) is 18.6. The number of likely N-dealkylation sites (N-methyl/N-ethyl adjacent to an activating group) is 1. The summed E-state index contributed by atoms with van der Waals surface area (Å²) in [4.78, 5) is 13.3. The van der Waals surface area contributed by atoms with Gasteiger partial charge in [-0.3, -0.25) is 4.79 Å². The van der Waals surface area contributed by atoms with Crippen LogP contribution in [0.5, 0.6) is 0 Å². The van der Waals surface area contributed by atoms with E-state index in [4.69, 9.17) is 9.47 Å². The van der Waals surface area contributed by atoms with Gasteiger partial charge in [0.05, 0.1) is 26.4 Å². The molecule has 196 valence electrons. The van der Waals surface area contributed by atoms with Gasteiger partial charge in [0, 0.05) is 19.6 Å². The summed E-state index contributed by atoms with van der Waals surface area (Å²) in [6.07, 6.45) is 19.9. The molecule has 5 nitrogen and oxygen atoms in total. The van der Waals surface area contributed by atoms with Gasteiger partial charge >= 0.3 is 5.97 Å². The molecule has 0 N–H and O–H groups in total. The third-order valence-electron chi connectivity index (χ3n) is 7.11. The molecule has 1 fully saturated rings. The molecular weight excluding hydrogens is 414 g/mol. The van der Waals surface area contributed by atoms with Gasteiger partial charge in [0.15, 0.2) is 0 Å². The highest BCUT2D eigenvalue weighted by atomic mass is 16.5. The molecule has 1 saturated carbocycles. The minimum atomic E-state index is -0.0663. The summed E-state index contributed by atoms with van der Waals surface area (Å²) in [6, 6.07) is 0.359. The molecule has 0 bridgehead atoms. The van der Waals surface area contributed by atoms with Gasteiger partial charge in [-0.25, -0.2) is 0 Å². The second-order valence-electron chi connectivity index (χ2n) is 10.3. The molecule has 0 aliphatic heterocycles. The summed E-state index contributed by atoms with van der Waals surface area (Å²) >= 11 is 0. The maximum atomic E-state index is 11.1. The van der Waals surface area contributed by atoms with E-state index >= 15 is 0 Å². The maximum Gasteiger partial charge on any atom is 0.305 e. The first-order valence-electron chi connectivity index (χ1n) is 14.0. The largest absolute Gasteiger partial charge is 0.469 e. The molecule has 0 aromatic carbocycles. The summed E-state index contributed by atoms with van der Waals surface area (Å²) in [5.41, 5.74) is 0. The number of carbonyl (C=O) groups excluding carboxylic acids is 1. The van der Waals surface area contributed by atoms with Gasteiger partial charge in [-0.15, -0.1) is 0 Å². The fourth-order valence-corrected chi connectivity index (χ4v) is 4.53. The Hall–Kier alpha value is -0.650. The van der Waals surface area contributed by atoms with Crippen LogP contribution in [0.15, 0.2) is 0 Å². The second-order valence-corrected chi connectivity index (χ2v) is 10.3. The number of nitrogens with zero attached hydrogens (tertiary/aromatic N) is 1. The fourth-order valence-electron chi connectivity index (χ4n) is 4.53. The number of methoxy groups -OCH3 is 1. The number of hydrogen-bond donors (Lipinski definition) is 0. The van der Waals surface area contributed by atoms with Crippen molar-refractivity contribution in [3.05, 3.63) is 0 Å². The summed E-state index contributed by atoms with van der Waals surface area (Å²) in [6.45, 7) is 5.52. The highest BCUT2D eigenvalue weighted by Gasteiger charge is 2.35. The minimum Gasteiger partial charge on any atom is -0.469 e. The van der Waals surface area contributed by atoms with E-state index in [-0.39, 0.29) is 5.97 Å². The van der Waals surface area contributed by atoms with Crippen LogP contribution in [-0.2, 0) is 19.0 Å². The van der Waals surface area contributed by atoms with Crippen molar-refractivity contribution in [2.45, 2.75) is 116 Å². The molecule has 0 saturated heterocycles. The summed E-state index contributed by atoms with van der Waals surface area (Å²) in [5, 5.41) is 0. The number of ether oxygens (including phenoxy) is 3. The number of esters is 1. The van der Waals surface area contributed by atoms with E-state index in [0.29, 0.717) is 12.5 Å². The lowest BCUT2D eigenvalue weighted by Gasteiger charge is -2.24. The van der Waals surface area contributed by atoms with Gasteiger partial charge < -0.3 is 19.1 Å². The van der Waals surface area contributed by atoms with Gasteiger partial charge in [-0.2, -0.15) is 0 Å². The van der Waals surface area contributed by atoms with Crippen molar-refractivity contribution in [1.29, 1.82) is 0 Å². The summed E-state index contributed by atoms with van der Waals surface area (Å²) in [7, 11) is 5.70. The van der Waals surface area contributed by atoms with Crippen LogP contribution >= 0.6 is 0 Å². The van der Waals surface area contributed by atoms with E-state index in [1.165, 1.54) is 97.0 Å². The lowest BCUT2D eigenvalue weighted by Crippen LogP contribution is -2.37. The fraction of sp³-hybridized carbons (Fsp3) is 0.964. The average Bonchev–Trinajstić information content (AvgIpc) is 3.56. The number of hydrogen-bond acceptors (Lipinski definition) is 5. The van der Waals surface area contributed by atoms with Gasteiger partial charge in [0.2, 0.25) is 0 Å². The van der Waals surface area contributed by atoms with E-state index in [9.17, 15) is 4.79 Å². The quantitative estimate of drug-likeness (QED) is 0.117. The first-order valence-corrected chi connectivity index (χ1v) is 14.0. The molecule has 5 heteroatoms. The predicted molar refractivity (Wildman–Crippen MR) is 138 cm³/mol. The zero-order valence-corrected chi connectivity index (χ0v) is 22.5. The smallest absolute Gasteiger partial charge is 0.305 e. The van der Waals surface area contributed by atoms with E-state index in [1.54, 1.807) is 0 Å². The molecule has 1 aliphatic rings. The Balaban J connectivity index is 1.83. The Labute approximate surface area is 205 Å². The third-order valence-corrected chi connectivity index (χ3v) is 7.11. The summed E-state index contributed by atoms with van der Waals surface area (Å²) in [5.74, 6) is 1.91. The van der Waals surface area contributed by atoms with Crippen LogP contribution in [0, 0.1) is 11.8 Å². The molecule has 0 aromatic rings. The Morgan fingerprint density at radius 3 is 1.85 bits per heavy atom. The van der Waals surface area contributed by atoms with Crippen LogP contribution in [-0.4, -0.2) is 64.5 Å². The summed E-state index contributed by atoms with van der Waals surface area (Å²) < 4.78 is 16.4. The lowest BCUT2D eigenvalue weighted by atomic mass is 10.0. The van der Waals surface area contributed by atoms with Gasteiger partial charge in [0.1, 0.15) is 0 Å². The number of carbonyl (C=O) groups is 1. The molecule has 3 unspecified atom stereocenters. The standard InChI is InChI=1S/C28H55NO4/c1-5-6-15-20-32-23-27(29(2)3)24-33-21-16-10-8-7-9-12-17-25-22-26(25)18-13-11-14-19-28(30)31-4/h25-27H,5-24H2,1-4H3. The van der Waals surface area contributed by atoms with E-state index in [2.05, 4.69) is 30.7 Å². The highest BCUT2D eigenvalue weighted by Crippen LogP contribution is 2.45. The van der Waals surface area contributed by atoms with Crippen molar-refractivity contribution in [3.8, 4) is 0 Å². The molecule has 0 aromatic heterocycles. The predicted octanol–water partition coefficient (Wildman–Crippen LogP) is 6.63. The molecule has 1 aliphatic carbocycles. The van der Waals surface area contributed by atoms with Crippen LogP contribution in [0.25, 0.3) is 0 Å². The van der Waals surface area contributed by atoms with E-state index in [0.717, 1.165) is 44.7 Å². The van der Waals surface area contributed by atoms with Crippen LogP contribution in [0.2, 0.25) is 0 Å². The first-order chi connectivity index (χ1) is 16.1. The average molecular weight is 470 g/mol. The topological polar surface area (TPSA) is 48.0 Å². The minimum absolute atomic E-state index is 0.0663. The Morgan fingerprint density at radius 2 is 1.30 bits per heavy atom. The second kappa shape index (κ2) is 20.7. The third kappa shape index (κ3) is 17.4. The highest BCUT2D eigenvalue weighted by molar-refractivity contribution is 5.68. The van der Waals surface area contributed by atoms with Crippen molar-refractivity contribution in [2.24, 2.45) is 11.8 Å². The van der Waals surface area contributed by atoms with Crippen molar-refractivity contribution in [3.63, 3.8) is 0 Å². The number of unbranched alkanes of at least 4 members (excludes halogenated alkanes) is 9. The SMILES string of the molecule is CCCCCOCC(COCCCCCCCCC1CC1CCCCCC(=O)OC)N(C)C. The van der Waals surface area contributed by atoms with E-state index in [1.807, 2.05) is 0 Å². The molecular formula is C28H55NO4. The van der Waals surface area contributed by atoms with Crippen LogP contribution < -0.4 is 0 Å². The van der Waals surface area contributed by atoms with Gasteiger partial charge in [-0.1, -0.05) is 77.6 Å². The maximum absolute atomic E-state index is 11.1. The molecule has 0 radical (unpaired) electrons. The van der Waals surface area contributed by atoms with Crippen LogP contribution in [0.3, 0.4) is 0 Å². The Kier molecular flexibility index (Phi) is 19.1. The Morgan fingerprint density at radius 1 is 0.788 bits per heavy atom. The molecule has 0 spiro atoms. The van der Waals surface area contributed by atoms with Gasteiger partial charge in [0.25, 0.3) is 0 Å². The van der Waals surface area contributed by atoms with Crippen molar-refractivity contribution >= 4 is 5.97 Å². The van der Waals surface area contributed by atoms with Crippen molar-refractivity contribution < 1.29 is 19.0 Å². The Bertz CT molecular complexity index is 457. The van der Waals surface area contributed by atoms with Gasteiger partial charge in [-0.05, 0) is 51.6 Å². The van der Waals surface area contributed by atoms with Crippen molar-refractivity contribution in [1.82, 2.24) is 4.90 Å². The molecule has 0 amide bonds. The van der Waals surface area contributed by atoms with Crippen LogP contribution in [0.4, 0.5) is 0 Å². The lowest BCUT2D eigenvalue weighted by molar-refractivity contribution is -0.140. The molecule has 0 heterocycles. The zero-order valence-electron chi connectivity index (χ0n) is 22.5. The number of rotatable bonds is 24. The van der Waals surface area contributed by atoms with Crippen molar-refractivity contribution in [2.75, 3.05) is 47.6 Å². The van der Waals surface area contributed by atoms with Crippen LogP contribution in [0.1, 0.15) is 110 Å².